The summed E-state index contributed by atoms with van der Waals surface area (Å²) in [5, 5.41) is 3.03. The smallest absolute Gasteiger partial charge is 0.243 e. The number of nitrogens with zero attached hydrogens (tertiary/aromatic N) is 1. The van der Waals surface area contributed by atoms with Crippen LogP contribution in [0, 0.1) is 0 Å². The number of hydrogen-bond donors (Lipinski definition) is 1. The number of amides is 2. The number of hydrogen-bond acceptors (Lipinski definition) is 4. The number of nitrogens with one attached hydrogen (secondary N) is 1. The summed E-state index contributed by atoms with van der Waals surface area (Å²) in [6.45, 7) is 8.40. The first-order valence-corrected chi connectivity index (χ1v) is 10.8. The number of carbonyl (C=O) groups excluding carboxylic acids is 2. The monoisotopic (exact) mass is 424 g/mol. The first-order chi connectivity index (χ1) is 14.8. The Labute approximate surface area is 184 Å². The molecule has 1 aliphatic heterocycles. The van der Waals surface area contributed by atoms with Gasteiger partial charge in [-0.3, -0.25) is 9.59 Å². The van der Waals surface area contributed by atoms with Crippen LogP contribution in [0.2, 0.25) is 0 Å². The zero-order valence-electron chi connectivity index (χ0n) is 18.8. The Morgan fingerprint density at radius 1 is 1.03 bits per heavy atom. The highest BCUT2D eigenvalue weighted by atomic mass is 16.7. The van der Waals surface area contributed by atoms with Gasteiger partial charge in [0.2, 0.25) is 18.6 Å². The van der Waals surface area contributed by atoms with Crippen LogP contribution >= 0.6 is 0 Å². The fraction of sp³-hybridized carbons (Fsp3) is 0.440. The van der Waals surface area contributed by atoms with Gasteiger partial charge in [0.25, 0.3) is 0 Å². The van der Waals surface area contributed by atoms with E-state index in [0.717, 1.165) is 16.9 Å². The molecule has 0 unspecified atom stereocenters. The van der Waals surface area contributed by atoms with Crippen molar-refractivity contribution in [3.8, 4) is 11.5 Å². The second-order valence-electron chi connectivity index (χ2n) is 8.86. The average molecular weight is 425 g/mol. The van der Waals surface area contributed by atoms with Crippen molar-refractivity contribution in [3.05, 3.63) is 59.7 Å². The molecular weight excluding hydrogens is 392 g/mol. The fourth-order valence-corrected chi connectivity index (χ4v) is 3.64. The van der Waals surface area contributed by atoms with Crippen LogP contribution in [0.15, 0.2) is 48.5 Å². The molecule has 0 saturated carbocycles. The van der Waals surface area contributed by atoms with Crippen LogP contribution in [-0.2, 0) is 22.6 Å². The molecule has 0 spiro atoms. The average Bonchev–Trinajstić information content (AvgIpc) is 3.19. The summed E-state index contributed by atoms with van der Waals surface area (Å²) < 4.78 is 10.8. The largest absolute Gasteiger partial charge is 0.454 e. The van der Waals surface area contributed by atoms with Crippen molar-refractivity contribution < 1.29 is 19.1 Å². The van der Waals surface area contributed by atoms with Crippen LogP contribution in [0.5, 0.6) is 11.5 Å². The predicted octanol–water partition coefficient (Wildman–Crippen LogP) is 4.07. The van der Waals surface area contributed by atoms with Crippen LogP contribution in [0.1, 0.15) is 51.7 Å². The Morgan fingerprint density at radius 3 is 2.42 bits per heavy atom. The van der Waals surface area contributed by atoms with Crippen LogP contribution in [0.4, 0.5) is 0 Å². The molecule has 1 N–H and O–H groups in total. The van der Waals surface area contributed by atoms with Crippen LogP contribution in [0.25, 0.3) is 0 Å². The molecular formula is C25H32N2O4. The highest BCUT2D eigenvalue weighted by molar-refractivity contribution is 5.88. The maximum atomic E-state index is 13.3. The summed E-state index contributed by atoms with van der Waals surface area (Å²) in [6, 6.07) is 15.0. The van der Waals surface area contributed by atoms with Crippen molar-refractivity contribution in [2.75, 3.05) is 6.79 Å². The number of carbonyl (C=O) groups is 2. The van der Waals surface area contributed by atoms with E-state index in [4.69, 9.17) is 9.47 Å². The van der Waals surface area contributed by atoms with Gasteiger partial charge in [-0.05, 0) is 56.9 Å². The SMILES string of the molecule is CC[C@@H](C(=O)NC(C)(C)C)N(Cc1ccccc1)C(=O)CCc1ccc2c(c1)OCO2. The van der Waals surface area contributed by atoms with Gasteiger partial charge in [-0.15, -0.1) is 0 Å². The Bertz CT molecular complexity index is 905. The van der Waals surface area contributed by atoms with E-state index in [-0.39, 0.29) is 24.1 Å². The van der Waals surface area contributed by atoms with Crippen LogP contribution < -0.4 is 14.8 Å². The van der Waals surface area contributed by atoms with Gasteiger partial charge >= 0.3 is 0 Å². The third-order valence-corrected chi connectivity index (χ3v) is 5.14. The van der Waals surface area contributed by atoms with E-state index in [0.29, 0.717) is 31.6 Å². The lowest BCUT2D eigenvalue weighted by Crippen LogP contribution is -2.53. The van der Waals surface area contributed by atoms with Crippen molar-refractivity contribution in [1.82, 2.24) is 10.2 Å². The molecule has 0 aliphatic carbocycles. The predicted molar refractivity (Wildman–Crippen MR) is 120 cm³/mol. The fourth-order valence-electron chi connectivity index (χ4n) is 3.64. The molecule has 1 aliphatic rings. The van der Waals surface area contributed by atoms with E-state index >= 15 is 0 Å². The molecule has 6 heteroatoms. The van der Waals surface area contributed by atoms with Crippen molar-refractivity contribution in [1.29, 1.82) is 0 Å². The molecule has 1 atom stereocenters. The van der Waals surface area contributed by atoms with E-state index < -0.39 is 6.04 Å². The van der Waals surface area contributed by atoms with Crippen molar-refractivity contribution in [2.24, 2.45) is 0 Å². The third kappa shape index (κ3) is 6.23. The Balaban J connectivity index is 1.75. The van der Waals surface area contributed by atoms with Gasteiger partial charge in [-0.2, -0.15) is 0 Å². The minimum atomic E-state index is -0.524. The molecule has 0 bridgehead atoms. The number of rotatable bonds is 8. The van der Waals surface area contributed by atoms with Gasteiger partial charge in [0.05, 0.1) is 0 Å². The first-order valence-electron chi connectivity index (χ1n) is 10.8. The molecule has 166 valence electrons. The summed E-state index contributed by atoms with van der Waals surface area (Å²) >= 11 is 0. The lowest BCUT2D eigenvalue weighted by molar-refractivity contribution is -0.142. The molecule has 2 aromatic carbocycles. The highest BCUT2D eigenvalue weighted by Crippen LogP contribution is 2.32. The van der Waals surface area contributed by atoms with E-state index in [2.05, 4.69) is 5.32 Å². The van der Waals surface area contributed by atoms with Gasteiger partial charge in [-0.1, -0.05) is 43.3 Å². The number of benzene rings is 2. The lowest BCUT2D eigenvalue weighted by atomic mass is 10.0. The zero-order chi connectivity index (χ0) is 22.4. The molecule has 3 rings (SSSR count). The lowest BCUT2D eigenvalue weighted by Gasteiger charge is -2.33. The normalized spacial score (nSPS) is 13.5. The number of fused-ring (bicyclic) bond motifs is 1. The first kappa shape index (κ1) is 22.7. The summed E-state index contributed by atoms with van der Waals surface area (Å²) in [5.74, 6) is 1.27. The molecule has 2 amide bonds. The van der Waals surface area contributed by atoms with E-state index in [1.165, 1.54) is 0 Å². The standard InChI is InChI=1S/C25H32N2O4/c1-5-20(24(29)26-25(2,3)4)27(16-19-9-7-6-8-10-19)23(28)14-12-18-11-13-21-22(15-18)31-17-30-21/h6-11,13,15,20H,5,12,14,16-17H2,1-4H3,(H,26,29)/t20-/m0/s1. The molecule has 0 saturated heterocycles. The van der Waals surface area contributed by atoms with E-state index in [1.54, 1.807) is 4.90 Å². The molecule has 0 aromatic heterocycles. The maximum Gasteiger partial charge on any atom is 0.243 e. The van der Waals surface area contributed by atoms with E-state index in [9.17, 15) is 9.59 Å². The molecule has 31 heavy (non-hydrogen) atoms. The number of aryl methyl sites for hydroxylation is 1. The summed E-state index contributed by atoms with van der Waals surface area (Å²) in [5.41, 5.74) is 1.64. The van der Waals surface area contributed by atoms with Crippen LogP contribution in [-0.4, -0.2) is 35.1 Å². The topological polar surface area (TPSA) is 67.9 Å². The Morgan fingerprint density at radius 2 is 1.74 bits per heavy atom. The Hall–Kier alpha value is -3.02. The molecule has 0 radical (unpaired) electrons. The second kappa shape index (κ2) is 9.86. The summed E-state index contributed by atoms with van der Waals surface area (Å²) in [4.78, 5) is 28.0. The molecule has 0 fully saturated rings. The highest BCUT2D eigenvalue weighted by Gasteiger charge is 2.30. The van der Waals surface area contributed by atoms with Gasteiger partial charge in [0.15, 0.2) is 11.5 Å². The minimum Gasteiger partial charge on any atom is -0.454 e. The maximum absolute atomic E-state index is 13.3. The number of ether oxygens (including phenoxy) is 2. The summed E-state index contributed by atoms with van der Waals surface area (Å²) in [6.07, 6.45) is 1.42. The van der Waals surface area contributed by atoms with Crippen molar-refractivity contribution in [3.63, 3.8) is 0 Å². The molecule has 2 aromatic rings. The van der Waals surface area contributed by atoms with Crippen molar-refractivity contribution in [2.45, 2.75) is 65.1 Å². The quantitative estimate of drug-likeness (QED) is 0.694. The van der Waals surface area contributed by atoms with Crippen LogP contribution in [0.3, 0.4) is 0 Å². The molecule has 1 heterocycles. The van der Waals surface area contributed by atoms with Gasteiger partial charge in [0, 0.05) is 18.5 Å². The summed E-state index contributed by atoms with van der Waals surface area (Å²) in [7, 11) is 0. The molecule has 6 nitrogen and oxygen atoms in total. The second-order valence-corrected chi connectivity index (χ2v) is 8.86. The Kier molecular flexibility index (Phi) is 7.21. The van der Waals surface area contributed by atoms with Gasteiger partial charge in [-0.25, -0.2) is 0 Å². The third-order valence-electron chi connectivity index (χ3n) is 5.14. The zero-order valence-corrected chi connectivity index (χ0v) is 18.8. The van der Waals surface area contributed by atoms with Gasteiger partial charge < -0.3 is 19.7 Å². The van der Waals surface area contributed by atoms with E-state index in [1.807, 2.05) is 76.2 Å². The van der Waals surface area contributed by atoms with Gasteiger partial charge in [0.1, 0.15) is 6.04 Å². The van der Waals surface area contributed by atoms with Crippen molar-refractivity contribution >= 4 is 11.8 Å². The minimum absolute atomic E-state index is 0.0440.